The Morgan fingerprint density at radius 3 is 2.79 bits per heavy atom. The molecule has 1 saturated carbocycles. The van der Waals surface area contributed by atoms with Crippen molar-refractivity contribution in [1.82, 2.24) is 5.32 Å². The Kier molecular flexibility index (Phi) is 7.96. The topological polar surface area (TPSA) is 41.5 Å². The summed E-state index contributed by atoms with van der Waals surface area (Å²) in [6, 6.07) is 0. The molecule has 0 aromatic heterocycles. The monoisotopic (exact) mass is 271 g/mol. The van der Waals surface area contributed by atoms with Gasteiger partial charge in [0.15, 0.2) is 0 Å². The van der Waals surface area contributed by atoms with Crippen LogP contribution in [0, 0.1) is 11.8 Å². The molecular weight excluding hydrogens is 238 g/mol. The summed E-state index contributed by atoms with van der Waals surface area (Å²) in [6.07, 6.45) is 7.06. The molecule has 1 fully saturated rings. The van der Waals surface area contributed by atoms with Gasteiger partial charge >= 0.3 is 0 Å². The van der Waals surface area contributed by atoms with E-state index in [1.807, 2.05) is 0 Å². The van der Waals surface area contributed by atoms with Crippen molar-refractivity contribution < 1.29 is 9.84 Å². The van der Waals surface area contributed by atoms with Crippen LogP contribution in [0.4, 0.5) is 0 Å². The number of hydrogen-bond acceptors (Lipinski definition) is 3. The van der Waals surface area contributed by atoms with Crippen molar-refractivity contribution in [2.75, 3.05) is 26.4 Å². The van der Waals surface area contributed by atoms with Crippen LogP contribution in [0.2, 0.25) is 0 Å². The average Bonchev–Trinajstić information content (AvgIpc) is 2.77. The van der Waals surface area contributed by atoms with Gasteiger partial charge in [-0.2, -0.15) is 0 Å². The lowest BCUT2D eigenvalue weighted by molar-refractivity contribution is 0.0775. The fourth-order valence-electron chi connectivity index (χ4n) is 3.34. The summed E-state index contributed by atoms with van der Waals surface area (Å²) < 4.78 is 5.75. The second-order valence-electron chi connectivity index (χ2n) is 6.37. The lowest BCUT2D eigenvalue weighted by atomic mass is 9.85. The van der Waals surface area contributed by atoms with Crippen LogP contribution < -0.4 is 5.32 Å². The van der Waals surface area contributed by atoms with Crippen LogP contribution in [0.1, 0.15) is 59.3 Å². The highest BCUT2D eigenvalue weighted by Crippen LogP contribution is 2.37. The molecule has 0 heterocycles. The number of aliphatic hydroxyl groups excluding tert-OH is 1. The predicted molar refractivity (Wildman–Crippen MR) is 80.3 cm³/mol. The maximum Gasteiger partial charge on any atom is 0.0616 e. The summed E-state index contributed by atoms with van der Waals surface area (Å²) >= 11 is 0. The van der Waals surface area contributed by atoms with E-state index in [4.69, 9.17) is 4.74 Å². The van der Waals surface area contributed by atoms with Gasteiger partial charge < -0.3 is 15.2 Å². The van der Waals surface area contributed by atoms with Gasteiger partial charge in [-0.05, 0) is 50.5 Å². The summed E-state index contributed by atoms with van der Waals surface area (Å²) in [7, 11) is 0. The Labute approximate surface area is 119 Å². The predicted octanol–water partition coefficient (Wildman–Crippen LogP) is 2.97. The molecule has 0 spiro atoms. The van der Waals surface area contributed by atoms with Crippen LogP contribution >= 0.6 is 0 Å². The van der Waals surface area contributed by atoms with Gasteiger partial charge in [0, 0.05) is 18.8 Å². The molecule has 2 unspecified atom stereocenters. The zero-order chi connectivity index (χ0) is 14.1. The van der Waals surface area contributed by atoms with E-state index in [1.165, 1.54) is 25.7 Å². The molecule has 0 aromatic carbocycles. The number of rotatable bonds is 10. The Balaban J connectivity index is 2.20. The number of ether oxygens (including phenoxy) is 1. The number of aliphatic hydroxyl groups is 1. The van der Waals surface area contributed by atoms with Crippen LogP contribution in [-0.2, 0) is 4.74 Å². The smallest absolute Gasteiger partial charge is 0.0616 e. The molecule has 2 N–H and O–H groups in total. The molecule has 1 rings (SSSR count). The van der Waals surface area contributed by atoms with E-state index >= 15 is 0 Å². The Morgan fingerprint density at radius 1 is 1.37 bits per heavy atom. The molecule has 0 saturated heterocycles. The van der Waals surface area contributed by atoms with Gasteiger partial charge in [0.2, 0.25) is 0 Å². The average molecular weight is 271 g/mol. The van der Waals surface area contributed by atoms with Crippen molar-refractivity contribution in [3.63, 3.8) is 0 Å². The highest BCUT2D eigenvalue weighted by molar-refractivity contribution is 4.98. The molecular formula is C16H33NO2. The van der Waals surface area contributed by atoms with Crippen molar-refractivity contribution in [2.45, 2.75) is 64.8 Å². The summed E-state index contributed by atoms with van der Waals surface area (Å²) in [5.41, 5.74) is -0.0317. The third-order valence-electron chi connectivity index (χ3n) is 4.45. The molecule has 114 valence electrons. The summed E-state index contributed by atoms with van der Waals surface area (Å²) in [4.78, 5) is 0. The first-order valence-corrected chi connectivity index (χ1v) is 8.08. The van der Waals surface area contributed by atoms with Crippen molar-refractivity contribution in [1.29, 1.82) is 0 Å². The highest BCUT2D eigenvalue weighted by atomic mass is 16.5. The molecule has 3 heteroatoms. The van der Waals surface area contributed by atoms with Gasteiger partial charge in [0.05, 0.1) is 6.61 Å². The Hall–Kier alpha value is -0.120. The minimum Gasteiger partial charge on any atom is -0.394 e. The molecule has 19 heavy (non-hydrogen) atoms. The van der Waals surface area contributed by atoms with E-state index < -0.39 is 0 Å². The fraction of sp³-hybridized carbons (Fsp3) is 1.00. The summed E-state index contributed by atoms with van der Waals surface area (Å²) in [6.45, 7) is 9.56. The van der Waals surface area contributed by atoms with E-state index in [-0.39, 0.29) is 12.1 Å². The van der Waals surface area contributed by atoms with E-state index in [1.54, 1.807) is 0 Å². The normalized spacial score (nSPS) is 27.3. The van der Waals surface area contributed by atoms with Crippen LogP contribution in [-0.4, -0.2) is 37.0 Å². The summed E-state index contributed by atoms with van der Waals surface area (Å²) in [5, 5.41) is 13.2. The summed E-state index contributed by atoms with van der Waals surface area (Å²) in [5.74, 6) is 1.34. The van der Waals surface area contributed by atoms with Gasteiger partial charge in [-0.1, -0.05) is 27.2 Å². The van der Waals surface area contributed by atoms with Crippen LogP contribution in [0.15, 0.2) is 0 Å². The largest absolute Gasteiger partial charge is 0.394 e. The minimum atomic E-state index is -0.0317. The van der Waals surface area contributed by atoms with Crippen LogP contribution in [0.5, 0.6) is 0 Å². The first-order chi connectivity index (χ1) is 9.14. The molecule has 0 radical (unpaired) electrons. The van der Waals surface area contributed by atoms with Gasteiger partial charge in [-0.3, -0.25) is 0 Å². The molecule has 3 nitrogen and oxygen atoms in total. The number of nitrogens with one attached hydrogen (secondary N) is 1. The second kappa shape index (κ2) is 8.93. The minimum absolute atomic E-state index is 0.0317. The first kappa shape index (κ1) is 16.9. The zero-order valence-electron chi connectivity index (χ0n) is 13.1. The zero-order valence-corrected chi connectivity index (χ0v) is 13.1. The van der Waals surface area contributed by atoms with Crippen molar-refractivity contribution >= 4 is 0 Å². The lowest BCUT2D eigenvalue weighted by Gasteiger charge is -2.34. The molecule has 2 atom stereocenters. The van der Waals surface area contributed by atoms with Crippen LogP contribution in [0.25, 0.3) is 0 Å². The molecule has 1 aliphatic carbocycles. The van der Waals surface area contributed by atoms with E-state index in [2.05, 4.69) is 26.1 Å². The van der Waals surface area contributed by atoms with Gasteiger partial charge in [0.1, 0.15) is 0 Å². The maximum absolute atomic E-state index is 9.72. The molecule has 0 bridgehead atoms. The first-order valence-electron chi connectivity index (χ1n) is 8.08. The maximum atomic E-state index is 9.72. The second-order valence-corrected chi connectivity index (χ2v) is 6.37. The molecule has 0 aliphatic heterocycles. The van der Waals surface area contributed by atoms with E-state index in [0.717, 1.165) is 38.5 Å². The van der Waals surface area contributed by atoms with Crippen molar-refractivity contribution in [2.24, 2.45) is 11.8 Å². The van der Waals surface area contributed by atoms with E-state index in [9.17, 15) is 5.11 Å². The van der Waals surface area contributed by atoms with Gasteiger partial charge in [-0.15, -0.1) is 0 Å². The Morgan fingerprint density at radius 2 is 2.16 bits per heavy atom. The fourth-order valence-corrected chi connectivity index (χ4v) is 3.34. The molecule has 0 aromatic rings. The molecule has 0 amide bonds. The SMILES string of the molecule is CCNC1(CO)CCCC1CCOCCCC(C)C. The third-order valence-corrected chi connectivity index (χ3v) is 4.45. The number of likely N-dealkylation sites (N-methyl/N-ethyl adjacent to an activating group) is 1. The number of hydrogen-bond donors (Lipinski definition) is 2. The molecule has 1 aliphatic rings. The third kappa shape index (κ3) is 5.41. The van der Waals surface area contributed by atoms with E-state index in [0.29, 0.717) is 5.92 Å². The lowest BCUT2D eigenvalue weighted by Crippen LogP contribution is -2.51. The van der Waals surface area contributed by atoms with Gasteiger partial charge in [-0.25, -0.2) is 0 Å². The highest BCUT2D eigenvalue weighted by Gasteiger charge is 2.41. The standard InChI is InChI=1S/C16H33NO2/c1-4-17-16(13-18)10-5-8-15(16)9-12-19-11-6-7-14(2)3/h14-15,17-18H,4-13H2,1-3H3. The van der Waals surface area contributed by atoms with Crippen molar-refractivity contribution in [3.05, 3.63) is 0 Å². The quantitative estimate of drug-likeness (QED) is 0.600. The van der Waals surface area contributed by atoms with Gasteiger partial charge in [0.25, 0.3) is 0 Å². The van der Waals surface area contributed by atoms with Crippen LogP contribution in [0.3, 0.4) is 0 Å². The Bertz CT molecular complexity index is 233. The van der Waals surface area contributed by atoms with Crippen molar-refractivity contribution in [3.8, 4) is 0 Å².